The number of rotatable bonds is 7. The Labute approximate surface area is 134 Å². The highest BCUT2D eigenvalue weighted by atomic mass is 28.4. The van der Waals surface area contributed by atoms with Crippen LogP contribution in [0.1, 0.15) is 31.1 Å². The van der Waals surface area contributed by atoms with Gasteiger partial charge in [-0.25, -0.2) is 4.79 Å². The van der Waals surface area contributed by atoms with Gasteiger partial charge in [-0.15, -0.1) is 0 Å². The number of esters is 1. The van der Waals surface area contributed by atoms with Crippen molar-refractivity contribution in [2.24, 2.45) is 0 Å². The molecule has 1 unspecified atom stereocenters. The maximum Gasteiger partial charge on any atom is 0.338 e. The number of hydrogen-bond donors (Lipinski definition) is 0. The van der Waals surface area contributed by atoms with Crippen LogP contribution < -0.4 is 0 Å². The van der Waals surface area contributed by atoms with Crippen LogP contribution in [0.4, 0.5) is 0 Å². The smallest absolute Gasteiger partial charge is 0.338 e. The van der Waals surface area contributed by atoms with Crippen molar-refractivity contribution in [3.8, 4) is 0 Å². The molecule has 124 valence electrons. The third-order valence-electron chi connectivity index (χ3n) is 4.18. The van der Waals surface area contributed by atoms with Gasteiger partial charge in [-0.2, -0.15) is 0 Å². The zero-order valence-electron chi connectivity index (χ0n) is 14.5. The van der Waals surface area contributed by atoms with Crippen LogP contribution in [0.15, 0.2) is 30.3 Å². The van der Waals surface area contributed by atoms with Gasteiger partial charge in [0.25, 0.3) is 0 Å². The number of carbonyl (C=O) groups excluding carboxylic acids is 1. The number of methoxy groups -OCH3 is 1. The van der Waals surface area contributed by atoms with E-state index in [0.717, 1.165) is 0 Å². The third-order valence-corrected chi connectivity index (χ3v) is 8.68. The van der Waals surface area contributed by atoms with Gasteiger partial charge in [0.1, 0.15) is 12.7 Å². The van der Waals surface area contributed by atoms with Crippen molar-refractivity contribution in [1.29, 1.82) is 0 Å². The molecule has 0 N–H and O–H groups in total. The van der Waals surface area contributed by atoms with E-state index in [0.29, 0.717) is 12.2 Å². The van der Waals surface area contributed by atoms with Gasteiger partial charge >= 0.3 is 5.97 Å². The lowest BCUT2D eigenvalue weighted by atomic mass is 10.2. The van der Waals surface area contributed by atoms with E-state index >= 15 is 0 Å². The molecule has 4 nitrogen and oxygen atoms in total. The molecule has 0 saturated carbocycles. The second-order valence-electron chi connectivity index (χ2n) is 6.89. The lowest BCUT2D eigenvalue weighted by molar-refractivity contribution is -0.00841. The highest BCUT2D eigenvalue weighted by Crippen LogP contribution is 2.36. The standard InChI is InChI=1S/C17H28O4Si/c1-17(2,3)22(5,6)21-13-15(19-4)12-20-16(18)14-10-8-7-9-11-14/h7-11,15H,12-13H2,1-6H3. The molecule has 0 fully saturated rings. The Bertz CT molecular complexity index is 465. The van der Waals surface area contributed by atoms with E-state index in [1.165, 1.54) is 0 Å². The van der Waals surface area contributed by atoms with Crippen LogP contribution in [-0.4, -0.2) is 40.7 Å². The average Bonchev–Trinajstić information content (AvgIpc) is 2.46. The SMILES string of the molecule is COC(COC(=O)c1ccccc1)CO[Si](C)(C)C(C)(C)C. The molecule has 22 heavy (non-hydrogen) atoms. The molecule has 0 spiro atoms. The van der Waals surface area contributed by atoms with Crippen molar-refractivity contribution in [1.82, 2.24) is 0 Å². The van der Waals surface area contributed by atoms with Crippen molar-refractivity contribution < 1.29 is 18.7 Å². The molecule has 0 heterocycles. The maximum absolute atomic E-state index is 11.9. The van der Waals surface area contributed by atoms with Gasteiger partial charge in [-0.1, -0.05) is 39.0 Å². The van der Waals surface area contributed by atoms with Gasteiger partial charge in [-0.3, -0.25) is 0 Å². The summed E-state index contributed by atoms with van der Waals surface area (Å²) in [4.78, 5) is 11.9. The lowest BCUT2D eigenvalue weighted by Gasteiger charge is -2.37. The highest BCUT2D eigenvalue weighted by molar-refractivity contribution is 6.74. The Morgan fingerprint density at radius 3 is 2.23 bits per heavy atom. The van der Waals surface area contributed by atoms with E-state index in [-0.39, 0.29) is 23.7 Å². The van der Waals surface area contributed by atoms with Crippen molar-refractivity contribution in [3.63, 3.8) is 0 Å². The molecule has 0 aliphatic rings. The number of carbonyl (C=O) groups is 1. The molecule has 0 aliphatic carbocycles. The van der Waals surface area contributed by atoms with Gasteiger partial charge in [0.2, 0.25) is 0 Å². The van der Waals surface area contributed by atoms with Crippen LogP contribution in [0.2, 0.25) is 18.1 Å². The highest BCUT2D eigenvalue weighted by Gasteiger charge is 2.37. The van der Waals surface area contributed by atoms with E-state index in [9.17, 15) is 4.79 Å². The molecule has 1 aromatic carbocycles. The van der Waals surface area contributed by atoms with Crippen LogP contribution in [0.5, 0.6) is 0 Å². The van der Waals surface area contributed by atoms with Gasteiger partial charge in [-0.05, 0) is 30.3 Å². The first-order valence-electron chi connectivity index (χ1n) is 7.56. The Morgan fingerprint density at radius 2 is 1.73 bits per heavy atom. The zero-order chi connectivity index (χ0) is 16.8. The van der Waals surface area contributed by atoms with Gasteiger partial charge < -0.3 is 13.9 Å². The zero-order valence-corrected chi connectivity index (χ0v) is 15.5. The lowest BCUT2D eigenvalue weighted by Crippen LogP contribution is -2.43. The van der Waals surface area contributed by atoms with Crippen LogP contribution in [-0.2, 0) is 13.9 Å². The van der Waals surface area contributed by atoms with Crippen LogP contribution in [0.25, 0.3) is 0 Å². The normalized spacial score (nSPS) is 13.7. The molecule has 1 rings (SSSR count). The minimum Gasteiger partial charge on any atom is -0.459 e. The summed E-state index contributed by atoms with van der Waals surface area (Å²) in [5, 5.41) is 0.145. The maximum atomic E-state index is 11.9. The van der Waals surface area contributed by atoms with Crippen molar-refractivity contribution in [2.75, 3.05) is 20.3 Å². The van der Waals surface area contributed by atoms with E-state index in [1.807, 2.05) is 18.2 Å². The monoisotopic (exact) mass is 324 g/mol. The summed E-state index contributed by atoms with van der Waals surface area (Å²) < 4.78 is 16.8. The molecule has 5 heteroatoms. The molecule has 0 saturated heterocycles. The van der Waals surface area contributed by atoms with Crippen molar-refractivity contribution >= 4 is 14.3 Å². The molecule has 0 bridgehead atoms. The summed E-state index contributed by atoms with van der Waals surface area (Å²) in [5.41, 5.74) is 0.544. The van der Waals surface area contributed by atoms with E-state index < -0.39 is 8.32 Å². The number of ether oxygens (including phenoxy) is 2. The second kappa shape index (κ2) is 7.90. The molecule has 0 amide bonds. The van der Waals surface area contributed by atoms with Crippen LogP contribution in [0.3, 0.4) is 0 Å². The first kappa shape index (κ1) is 18.9. The summed E-state index contributed by atoms with van der Waals surface area (Å²) >= 11 is 0. The Hall–Kier alpha value is -1.17. The average molecular weight is 324 g/mol. The molecule has 0 aliphatic heterocycles. The topological polar surface area (TPSA) is 44.8 Å². The number of hydrogen-bond acceptors (Lipinski definition) is 4. The second-order valence-corrected chi connectivity index (χ2v) is 11.7. The minimum absolute atomic E-state index is 0.145. The molecular formula is C17H28O4Si. The Balaban J connectivity index is 2.48. The van der Waals surface area contributed by atoms with Gasteiger partial charge in [0, 0.05) is 7.11 Å². The van der Waals surface area contributed by atoms with Crippen molar-refractivity contribution in [3.05, 3.63) is 35.9 Å². The fourth-order valence-corrected chi connectivity index (χ4v) is 2.56. The fourth-order valence-electron chi connectivity index (χ4n) is 1.53. The Kier molecular flexibility index (Phi) is 6.78. The van der Waals surface area contributed by atoms with Gasteiger partial charge in [0.05, 0.1) is 12.2 Å². The summed E-state index contributed by atoms with van der Waals surface area (Å²) in [6, 6.07) is 8.95. The fraction of sp³-hybridized carbons (Fsp3) is 0.588. The summed E-state index contributed by atoms with van der Waals surface area (Å²) in [6.07, 6.45) is -0.248. The first-order chi connectivity index (χ1) is 10.2. The predicted octanol–water partition coefficient (Wildman–Crippen LogP) is 3.88. The number of benzene rings is 1. The molecule has 1 aromatic rings. The Morgan fingerprint density at radius 1 is 1.14 bits per heavy atom. The predicted molar refractivity (Wildman–Crippen MR) is 90.7 cm³/mol. The molecule has 0 radical (unpaired) electrons. The van der Waals surface area contributed by atoms with Crippen LogP contribution >= 0.6 is 0 Å². The van der Waals surface area contributed by atoms with Crippen molar-refractivity contribution in [2.45, 2.75) is 45.0 Å². The largest absolute Gasteiger partial charge is 0.459 e. The van der Waals surface area contributed by atoms with E-state index in [4.69, 9.17) is 13.9 Å². The van der Waals surface area contributed by atoms with Crippen LogP contribution in [0, 0.1) is 0 Å². The van der Waals surface area contributed by atoms with E-state index in [1.54, 1.807) is 19.2 Å². The quantitative estimate of drug-likeness (QED) is 0.564. The summed E-state index contributed by atoms with van der Waals surface area (Å²) in [7, 11) is -0.217. The summed E-state index contributed by atoms with van der Waals surface area (Å²) in [6.45, 7) is 11.6. The molecule has 1 atom stereocenters. The first-order valence-corrected chi connectivity index (χ1v) is 10.5. The van der Waals surface area contributed by atoms with Gasteiger partial charge in [0.15, 0.2) is 8.32 Å². The minimum atomic E-state index is -1.82. The third kappa shape index (κ3) is 5.55. The summed E-state index contributed by atoms with van der Waals surface area (Å²) in [5.74, 6) is -0.338. The molecule has 0 aromatic heterocycles. The van der Waals surface area contributed by atoms with E-state index in [2.05, 4.69) is 33.9 Å². The molecular weight excluding hydrogens is 296 g/mol.